The van der Waals surface area contributed by atoms with Gasteiger partial charge in [-0.1, -0.05) is 20.8 Å². The van der Waals surface area contributed by atoms with E-state index < -0.39 is 10.0 Å². The molecule has 0 aromatic carbocycles. The van der Waals surface area contributed by atoms with E-state index >= 15 is 0 Å². The van der Waals surface area contributed by atoms with Gasteiger partial charge in [-0.3, -0.25) is 4.79 Å². The van der Waals surface area contributed by atoms with Crippen LogP contribution in [-0.2, 0) is 14.8 Å². The van der Waals surface area contributed by atoms with E-state index in [2.05, 4.69) is 15.9 Å². The quantitative estimate of drug-likeness (QED) is 0.808. The minimum atomic E-state index is -3.69. The highest BCUT2D eigenvalue weighted by Gasteiger charge is 2.43. The lowest BCUT2D eigenvalue weighted by molar-refractivity contribution is -0.123. The Hall–Kier alpha value is -0.400. The maximum absolute atomic E-state index is 12.4. The Balaban J connectivity index is 2.30. The lowest BCUT2D eigenvalue weighted by atomic mass is 9.80. The monoisotopic (exact) mass is 365 g/mol. The third-order valence-corrected chi connectivity index (χ3v) is 7.28. The largest absolute Gasteiger partial charge is 0.276 e. The number of carbonyl (C=O) groups excluding carboxylic acids is 1. The van der Waals surface area contributed by atoms with Gasteiger partial charge in [0.25, 0.3) is 10.0 Å². The number of carbonyl (C=O) groups is 1. The van der Waals surface area contributed by atoms with Crippen molar-refractivity contribution in [2.75, 3.05) is 6.54 Å². The molecule has 1 aromatic rings. The maximum Gasteiger partial charge on any atom is 0.276 e. The molecular formula is C12H16BrNO3S2. The molecule has 0 saturated carbocycles. The summed E-state index contributed by atoms with van der Waals surface area (Å²) in [7, 11) is -3.69. The number of hydrogen-bond acceptors (Lipinski definition) is 4. The summed E-state index contributed by atoms with van der Waals surface area (Å²) in [6.45, 7) is 6.37. The highest BCUT2D eigenvalue weighted by atomic mass is 79.9. The van der Waals surface area contributed by atoms with Gasteiger partial charge in [0.2, 0.25) is 5.91 Å². The van der Waals surface area contributed by atoms with Crippen molar-refractivity contribution >= 4 is 43.2 Å². The molecule has 0 spiro atoms. The number of nitrogens with zero attached hydrogens (tertiary/aromatic N) is 1. The number of halogens is 1. The molecule has 0 N–H and O–H groups in total. The molecule has 1 atom stereocenters. The summed E-state index contributed by atoms with van der Waals surface area (Å²) in [6.07, 6.45) is 0.301. The van der Waals surface area contributed by atoms with Gasteiger partial charge in [-0.2, -0.15) is 0 Å². The second kappa shape index (κ2) is 4.86. The number of thiophene rings is 1. The molecule has 0 radical (unpaired) electrons. The van der Waals surface area contributed by atoms with Gasteiger partial charge < -0.3 is 0 Å². The van der Waals surface area contributed by atoms with Crippen LogP contribution in [0.15, 0.2) is 20.1 Å². The Morgan fingerprint density at radius 1 is 1.37 bits per heavy atom. The second-order valence-electron chi connectivity index (χ2n) is 5.76. The highest BCUT2D eigenvalue weighted by Crippen LogP contribution is 2.38. The Labute approximate surface area is 126 Å². The fraction of sp³-hybridized carbons (Fsp3) is 0.583. The average molecular weight is 366 g/mol. The summed E-state index contributed by atoms with van der Waals surface area (Å²) in [5.41, 5.74) is -0.0734. The van der Waals surface area contributed by atoms with Crippen LogP contribution in [0, 0.1) is 11.3 Å². The number of amides is 1. The Morgan fingerprint density at radius 3 is 2.42 bits per heavy atom. The van der Waals surface area contributed by atoms with Gasteiger partial charge in [0.1, 0.15) is 4.21 Å². The first-order valence-corrected chi connectivity index (χ1v) is 8.98. The molecule has 1 saturated heterocycles. The van der Waals surface area contributed by atoms with Crippen molar-refractivity contribution in [3.8, 4) is 0 Å². The van der Waals surface area contributed by atoms with Crippen molar-refractivity contribution in [3.05, 3.63) is 15.9 Å². The van der Waals surface area contributed by atoms with Crippen molar-refractivity contribution in [2.45, 2.75) is 31.4 Å². The van der Waals surface area contributed by atoms with Crippen LogP contribution in [0.3, 0.4) is 0 Å². The van der Waals surface area contributed by atoms with Crippen molar-refractivity contribution in [1.29, 1.82) is 0 Å². The van der Waals surface area contributed by atoms with Gasteiger partial charge in [-0.15, -0.1) is 11.3 Å². The molecule has 1 aliphatic heterocycles. The molecule has 1 unspecified atom stereocenters. The fourth-order valence-electron chi connectivity index (χ4n) is 2.04. The van der Waals surface area contributed by atoms with Crippen LogP contribution in [0.25, 0.3) is 0 Å². The maximum atomic E-state index is 12.4. The zero-order valence-corrected chi connectivity index (χ0v) is 14.2. The van der Waals surface area contributed by atoms with Crippen LogP contribution < -0.4 is 0 Å². The predicted octanol–water partition coefficient (Wildman–Crippen LogP) is 3.09. The Kier molecular flexibility index (Phi) is 3.83. The highest BCUT2D eigenvalue weighted by molar-refractivity contribution is 9.11. The van der Waals surface area contributed by atoms with Gasteiger partial charge in [-0.25, -0.2) is 12.7 Å². The van der Waals surface area contributed by atoms with Crippen LogP contribution in [0.4, 0.5) is 0 Å². The van der Waals surface area contributed by atoms with Crippen LogP contribution in [0.1, 0.15) is 27.2 Å². The molecule has 106 valence electrons. The van der Waals surface area contributed by atoms with Crippen molar-refractivity contribution in [2.24, 2.45) is 11.3 Å². The van der Waals surface area contributed by atoms with Crippen LogP contribution in [-0.4, -0.2) is 25.2 Å². The summed E-state index contributed by atoms with van der Waals surface area (Å²) in [5.74, 6) is -0.234. The van der Waals surface area contributed by atoms with Crippen molar-refractivity contribution in [3.63, 3.8) is 0 Å². The first kappa shape index (κ1) is 15.0. The Bertz CT molecular complexity index is 601. The van der Waals surface area contributed by atoms with E-state index in [4.69, 9.17) is 0 Å². The van der Waals surface area contributed by atoms with Gasteiger partial charge in [0, 0.05) is 13.0 Å². The fourth-order valence-corrected chi connectivity index (χ4v) is 5.61. The molecule has 0 aliphatic carbocycles. The van der Waals surface area contributed by atoms with E-state index in [0.29, 0.717) is 6.42 Å². The average Bonchev–Trinajstić information content (AvgIpc) is 2.83. The first-order valence-electron chi connectivity index (χ1n) is 5.93. The molecule has 19 heavy (non-hydrogen) atoms. The van der Waals surface area contributed by atoms with E-state index in [9.17, 15) is 13.2 Å². The third kappa shape index (κ3) is 2.87. The molecule has 2 heterocycles. The number of rotatable bonds is 2. The molecule has 0 bridgehead atoms. The zero-order chi connectivity index (χ0) is 14.4. The topological polar surface area (TPSA) is 54.5 Å². The normalized spacial score (nSPS) is 21.2. The summed E-state index contributed by atoms with van der Waals surface area (Å²) < 4.78 is 26.8. The smallest absolute Gasteiger partial charge is 0.274 e. The van der Waals surface area contributed by atoms with Gasteiger partial charge in [-0.05, 0) is 39.4 Å². The molecule has 2 rings (SSSR count). The molecule has 1 amide bonds. The summed E-state index contributed by atoms with van der Waals surface area (Å²) >= 11 is 4.37. The van der Waals surface area contributed by atoms with Crippen molar-refractivity contribution < 1.29 is 13.2 Å². The summed E-state index contributed by atoms with van der Waals surface area (Å²) in [4.78, 5) is 12.0. The van der Waals surface area contributed by atoms with Gasteiger partial charge >= 0.3 is 0 Å². The lowest BCUT2D eigenvalue weighted by Crippen LogP contribution is -2.33. The molecular weight excluding hydrogens is 350 g/mol. The third-order valence-electron chi connectivity index (χ3n) is 3.40. The second-order valence-corrected chi connectivity index (χ2v) is 10.3. The van der Waals surface area contributed by atoms with Crippen molar-refractivity contribution in [1.82, 2.24) is 4.31 Å². The Morgan fingerprint density at radius 2 is 2.00 bits per heavy atom. The van der Waals surface area contributed by atoms with Gasteiger partial charge in [0.15, 0.2) is 0 Å². The van der Waals surface area contributed by atoms with E-state index in [1.54, 1.807) is 6.07 Å². The molecule has 7 heteroatoms. The summed E-state index contributed by atoms with van der Waals surface area (Å²) in [6, 6.07) is 3.21. The van der Waals surface area contributed by atoms with E-state index in [1.165, 1.54) is 6.07 Å². The lowest BCUT2D eigenvalue weighted by Gasteiger charge is -2.26. The van der Waals surface area contributed by atoms with E-state index in [0.717, 1.165) is 19.4 Å². The van der Waals surface area contributed by atoms with E-state index in [1.807, 2.05) is 20.8 Å². The SMILES string of the molecule is CC(C)(C)C1CC(=O)N(S(=O)(=O)c2ccc(Br)s2)C1. The molecule has 4 nitrogen and oxygen atoms in total. The number of sulfonamides is 1. The standard InChI is InChI=1S/C12H16BrNO3S2/c1-12(2,3)8-6-10(15)14(7-8)19(16,17)11-5-4-9(13)18-11/h4-5,8H,6-7H2,1-3H3. The molecule has 1 aliphatic rings. The predicted molar refractivity (Wildman–Crippen MR) is 78.5 cm³/mol. The first-order chi connectivity index (χ1) is 8.62. The number of hydrogen-bond donors (Lipinski definition) is 0. The molecule has 1 aromatic heterocycles. The minimum Gasteiger partial charge on any atom is -0.274 e. The van der Waals surface area contributed by atoms with Crippen LogP contribution in [0.2, 0.25) is 0 Å². The van der Waals surface area contributed by atoms with Crippen LogP contribution in [0.5, 0.6) is 0 Å². The minimum absolute atomic E-state index is 0.0678. The van der Waals surface area contributed by atoms with E-state index in [-0.39, 0.29) is 28.0 Å². The molecule has 1 fully saturated rings. The van der Waals surface area contributed by atoms with Gasteiger partial charge in [0.05, 0.1) is 3.79 Å². The van der Waals surface area contributed by atoms with Crippen LogP contribution >= 0.6 is 27.3 Å². The summed E-state index contributed by atoms with van der Waals surface area (Å²) in [5, 5.41) is 0. The zero-order valence-electron chi connectivity index (χ0n) is 11.0.